The number of hydrogen-bond acceptors (Lipinski definition) is 1. The van der Waals surface area contributed by atoms with Crippen LogP contribution in [-0.4, -0.2) is 6.54 Å². The van der Waals surface area contributed by atoms with Gasteiger partial charge in [-0.15, -0.1) is 0 Å². The van der Waals surface area contributed by atoms with Crippen molar-refractivity contribution in [2.75, 3.05) is 6.54 Å². The first-order valence-corrected chi connectivity index (χ1v) is 7.63. The maximum Gasteiger partial charge on any atom is 0.0592 e. The Morgan fingerprint density at radius 1 is 1.05 bits per heavy atom. The molecule has 0 heterocycles. The van der Waals surface area contributed by atoms with Crippen LogP contribution in [0, 0.1) is 6.92 Å². The Balaban J connectivity index is 2.41. The number of aryl methyl sites for hydroxylation is 1. The Morgan fingerprint density at radius 2 is 1.80 bits per heavy atom. The van der Waals surface area contributed by atoms with E-state index in [9.17, 15) is 0 Å². The Morgan fingerprint density at radius 3 is 2.45 bits per heavy atom. The van der Waals surface area contributed by atoms with Crippen LogP contribution >= 0.6 is 23.2 Å². The summed E-state index contributed by atoms with van der Waals surface area (Å²) in [7, 11) is 0. The van der Waals surface area contributed by atoms with Gasteiger partial charge in [0.1, 0.15) is 0 Å². The summed E-state index contributed by atoms with van der Waals surface area (Å²) in [6.07, 6.45) is 1.07. The summed E-state index contributed by atoms with van der Waals surface area (Å²) in [5.41, 5.74) is 3.31. The molecule has 0 bridgehead atoms. The third kappa shape index (κ3) is 3.54. The molecule has 1 atom stereocenters. The van der Waals surface area contributed by atoms with E-state index in [1.807, 2.05) is 31.2 Å². The monoisotopic (exact) mass is 307 g/mol. The molecule has 2 aromatic carbocycles. The summed E-state index contributed by atoms with van der Waals surface area (Å²) in [4.78, 5) is 0. The van der Waals surface area contributed by atoms with Crippen molar-refractivity contribution in [3.63, 3.8) is 0 Å². The first-order chi connectivity index (χ1) is 9.63. The van der Waals surface area contributed by atoms with Crippen LogP contribution in [0.25, 0.3) is 0 Å². The van der Waals surface area contributed by atoms with Gasteiger partial charge in [-0.25, -0.2) is 0 Å². The molecule has 0 saturated heterocycles. The molecule has 3 heteroatoms. The molecule has 106 valence electrons. The van der Waals surface area contributed by atoms with Crippen molar-refractivity contribution < 1.29 is 0 Å². The van der Waals surface area contributed by atoms with E-state index in [-0.39, 0.29) is 6.04 Å². The predicted octanol–water partition coefficient (Wildman–Crippen LogP) is 5.39. The first kappa shape index (κ1) is 15.4. The summed E-state index contributed by atoms with van der Waals surface area (Å²) in [6.45, 7) is 5.09. The number of benzene rings is 2. The van der Waals surface area contributed by atoms with Crippen molar-refractivity contribution in [1.29, 1.82) is 0 Å². The summed E-state index contributed by atoms with van der Waals surface area (Å²) < 4.78 is 0. The van der Waals surface area contributed by atoms with Crippen molar-refractivity contribution in [3.8, 4) is 0 Å². The summed E-state index contributed by atoms with van der Waals surface area (Å²) in [6, 6.07) is 14.2. The third-order valence-electron chi connectivity index (χ3n) is 3.34. The SMILES string of the molecule is CCCNC(c1ccc(C)c(Cl)c1)c1ccccc1Cl. The van der Waals surface area contributed by atoms with Crippen molar-refractivity contribution in [2.45, 2.75) is 26.3 Å². The molecule has 0 aromatic heterocycles. The van der Waals surface area contributed by atoms with Crippen LogP contribution < -0.4 is 5.32 Å². The molecule has 0 aliphatic carbocycles. The highest BCUT2D eigenvalue weighted by Gasteiger charge is 2.16. The lowest BCUT2D eigenvalue weighted by Gasteiger charge is -2.21. The van der Waals surface area contributed by atoms with Crippen molar-refractivity contribution >= 4 is 23.2 Å². The lowest BCUT2D eigenvalue weighted by Crippen LogP contribution is -2.23. The van der Waals surface area contributed by atoms with Crippen LogP contribution in [0.1, 0.15) is 36.1 Å². The lowest BCUT2D eigenvalue weighted by atomic mass is 9.97. The normalized spacial score (nSPS) is 12.4. The zero-order chi connectivity index (χ0) is 14.5. The molecular weight excluding hydrogens is 289 g/mol. The van der Waals surface area contributed by atoms with Gasteiger partial charge in [-0.2, -0.15) is 0 Å². The molecule has 0 radical (unpaired) electrons. The van der Waals surface area contributed by atoms with E-state index in [2.05, 4.69) is 30.4 Å². The van der Waals surface area contributed by atoms with Gasteiger partial charge in [0.15, 0.2) is 0 Å². The van der Waals surface area contributed by atoms with Gasteiger partial charge in [-0.3, -0.25) is 0 Å². The molecule has 0 fully saturated rings. The quantitative estimate of drug-likeness (QED) is 0.780. The Kier molecular flexibility index (Phi) is 5.47. The molecule has 0 aliphatic rings. The van der Waals surface area contributed by atoms with Crippen LogP contribution in [0.2, 0.25) is 10.0 Å². The second kappa shape index (κ2) is 7.12. The van der Waals surface area contributed by atoms with E-state index in [1.54, 1.807) is 0 Å². The van der Waals surface area contributed by atoms with Gasteiger partial charge >= 0.3 is 0 Å². The van der Waals surface area contributed by atoms with E-state index in [0.29, 0.717) is 0 Å². The smallest absolute Gasteiger partial charge is 0.0592 e. The minimum absolute atomic E-state index is 0.0711. The fraction of sp³-hybridized carbons (Fsp3) is 0.294. The zero-order valence-corrected chi connectivity index (χ0v) is 13.3. The van der Waals surface area contributed by atoms with E-state index >= 15 is 0 Å². The van der Waals surface area contributed by atoms with E-state index in [0.717, 1.165) is 39.7 Å². The average Bonchev–Trinajstić information content (AvgIpc) is 2.44. The number of nitrogens with one attached hydrogen (secondary N) is 1. The van der Waals surface area contributed by atoms with Gasteiger partial charge in [0.05, 0.1) is 6.04 Å². The van der Waals surface area contributed by atoms with Crippen LogP contribution in [0.5, 0.6) is 0 Å². The molecule has 20 heavy (non-hydrogen) atoms. The second-order valence-electron chi connectivity index (χ2n) is 4.92. The highest BCUT2D eigenvalue weighted by molar-refractivity contribution is 6.31. The van der Waals surface area contributed by atoms with Crippen LogP contribution in [-0.2, 0) is 0 Å². The average molecular weight is 308 g/mol. The maximum atomic E-state index is 6.35. The Hall–Kier alpha value is -1.02. The summed E-state index contributed by atoms with van der Waals surface area (Å²) in [5.74, 6) is 0. The molecule has 1 unspecified atom stereocenters. The van der Waals surface area contributed by atoms with Gasteiger partial charge in [0.2, 0.25) is 0 Å². The van der Waals surface area contributed by atoms with E-state index in [4.69, 9.17) is 23.2 Å². The Labute approximate surface area is 130 Å². The number of hydrogen-bond donors (Lipinski definition) is 1. The number of halogens is 2. The highest BCUT2D eigenvalue weighted by atomic mass is 35.5. The summed E-state index contributed by atoms with van der Waals surface area (Å²) in [5, 5.41) is 5.11. The van der Waals surface area contributed by atoms with Crippen molar-refractivity contribution in [3.05, 3.63) is 69.2 Å². The fourth-order valence-electron chi connectivity index (χ4n) is 2.19. The minimum atomic E-state index is 0.0711. The van der Waals surface area contributed by atoms with Gasteiger partial charge in [0, 0.05) is 10.0 Å². The predicted molar refractivity (Wildman–Crippen MR) is 87.8 cm³/mol. The van der Waals surface area contributed by atoms with Crippen LogP contribution in [0.4, 0.5) is 0 Å². The first-order valence-electron chi connectivity index (χ1n) is 6.87. The second-order valence-corrected chi connectivity index (χ2v) is 5.73. The lowest BCUT2D eigenvalue weighted by molar-refractivity contribution is 0.598. The third-order valence-corrected chi connectivity index (χ3v) is 4.10. The molecule has 0 aliphatic heterocycles. The standard InChI is InChI=1S/C17H19Cl2N/c1-3-10-20-17(14-6-4-5-7-15(14)18)13-9-8-12(2)16(19)11-13/h4-9,11,17,20H,3,10H2,1-2H3. The molecule has 0 saturated carbocycles. The van der Waals surface area contributed by atoms with Gasteiger partial charge < -0.3 is 5.32 Å². The largest absolute Gasteiger partial charge is 0.306 e. The van der Waals surface area contributed by atoms with Gasteiger partial charge in [0.25, 0.3) is 0 Å². The molecule has 1 N–H and O–H groups in total. The maximum absolute atomic E-state index is 6.35. The molecule has 2 rings (SSSR count). The van der Waals surface area contributed by atoms with E-state index < -0.39 is 0 Å². The highest BCUT2D eigenvalue weighted by Crippen LogP contribution is 2.30. The van der Waals surface area contributed by atoms with E-state index in [1.165, 1.54) is 0 Å². The molecule has 1 nitrogen and oxygen atoms in total. The van der Waals surface area contributed by atoms with Gasteiger partial charge in [-0.05, 0) is 48.7 Å². The van der Waals surface area contributed by atoms with Crippen molar-refractivity contribution in [2.24, 2.45) is 0 Å². The topological polar surface area (TPSA) is 12.0 Å². The van der Waals surface area contributed by atoms with Gasteiger partial charge in [-0.1, -0.05) is 60.5 Å². The zero-order valence-electron chi connectivity index (χ0n) is 11.8. The molecule has 0 spiro atoms. The minimum Gasteiger partial charge on any atom is -0.306 e. The molecule has 2 aromatic rings. The Bertz CT molecular complexity index is 581. The van der Waals surface area contributed by atoms with Crippen LogP contribution in [0.15, 0.2) is 42.5 Å². The van der Waals surface area contributed by atoms with Crippen LogP contribution in [0.3, 0.4) is 0 Å². The summed E-state index contributed by atoms with van der Waals surface area (Å²) >= 11 is 12.6. The number of rotatable bonds is 5. The molecular formula is C17H19Cl2N. The molecule has 0 amide bonds. The van der Waals surface area contributed by atoms with Crippen molar-refractivity contribution in [1.82, 2.24) is 5.32 Å². The fourth-order valence-corrected chi connectivity index (χ4v) is 2.63.